The maximum Gasteiger partial charge on any atom is 0.263 e. The summed E-state index contributed by atoms with van der Waals surface area (Å²) in [5, 5.41) is 12.2. The Labute approximate surface area is 81.5 Å². The number of hydrogen-bond donors (Lipinski definition) is 2. The second-order valence-electron chi connectivity index (χ2n) is 3.14. The Kier molecular flexibility index (Phi) is 2.13. The minimum Gasteiger partial charge on any atom is -0.477 e. The van der Waals surface area contributed by atoms with E-state index >= 15 is 0 Å². The first-order valence-corrected chi connectivity index (χ1v) is 4.39. The van der Waals surface area contributed by atoms with E-state index in [1.807, 2.05) is 0 Å². The van der Waals surface area contributed by atoms with Crippen LogP contribution in [-0.2, 0) is 4.79 Å². The number of fused-ring (bicyclic) bond motifs is 1. The Hall–Kier alpha value is -1.55. The minimum atomic E-state index is -0.869. The van der Waals surface area contributed by atoms with Crippen LogP contribution in [0.1, 0.15) is 11.7 Å². The molecule has 0 saturated heterocycles. The molecule has 2 N–H and O–H groups in total. The van der Waals surface area contributed by atoms with Crippen molar-refractivity contribution in [1.29, 1.82) is 0 Å². The van der Waals surface area contributed by atoms with E-state index in [0.717, 1.165) is 0 Å². The molecule has 2 unspecified atom stereocenters. The number of likely N-dealkylation sites (N-methyl/N-ethyl adjacent to an activating group) is 1. The maximum absolute atomic E-state index is 11.3. The Morgan fingerprint density at radius 3 is 2.86 bits per heavy atom. The topological polar surface area (TPSA) is 58.6 Å². The van der Waals surface area contributed by atoms with Gasteiger partial charge >= 0.3 is 0 Å². The van der Waals surface area contributed by atoms with Crippen LogP contribution in [0.3, 0.4) is 0 Å². The highest BCUT2D eigenvalue weighted by Crippen LogP contribution is 2.35. The average molecular weight is 193 g/mol. The predicted molar refractivity (Wildman–Crippen MR) is 49.9 cm³/mol. The largest absolute Gasteiger partial charge is 0.477 e. The molecule has 74 valence electrons. The molecule has 4 nitrogen and oxygen atoms in total. The van der Waals surface area contributed by atoms with Crippen molar-refractivity contribution < 1.29 is 14.6 Å². The van der Waals surface area contributed by atoms with Crippen LogP contribution in [0.2, 0.25) is 0 Å². The van der Waals surface area contributed by atoms with Gasteiger partial charge in [-0.3, -0.25) is 4.79 Å². The van der Waals surface area contributed by atoms with Gasteiger partial charge < -0.3 is 15.2 Å². The van der Waals surface area contributed by atoms with Gasteiger partial charge in [-0.05, 0) is 6.07 Å². The zero-order valence-corrected chi connectivity index (χ0v) is 7.73. The summed E-state index contributed by atoms with van der Waals surface area (Å²) in [4.78, 5) is 11.3. The third-order valence-corrected chi connectivity index (χ3v) is 2.28. The van der Waals surface area contributed by atoms with Crippen molar-refractivity contribution in [1.82, 2.24) is 5.32 Å². The maximum atomic E-state index is 11.3. The molecular weight excluding hydrogens is 182 g/mol. The number of amides is 1. The van der Waals surface area contributed by atoms with Crippen LogP contribution in [-0.4, -0.2) is 24.2 Å². The third-order valence-electron chi connectivity index (χ3n) is 2.28. The normalized spacial score (nSPS) is 23.9. The summed E-state index contributed by atoms with van der Waals surface area (Å²) in [5.41, 5.74) is 0.668. The second-order valence-corrected chi connectivity index (χ2v) is 3.14. The van der Waals surface area contributed by atoms with Crippen molar-refractivity contribution in [3.63, 3.8) is 0 Å². The summed E-state index contributed by atoms with van der Waals surface area (Å²) in [5.74, 6) is 0.266. The smallest absolute Gasteiger partial charge is 0.263 e. The lowest BCUT2D eigenvalue weighted by Gasteiger charge is -2.11. The zero-order chi connectivity index (χ0) is 10.1. The van der Waals surface area contributed by atoms with Gasteiger partial charge in [-0.15, -0.1) is 0 Å². The molecule has 1 aliphatic heterocycles. The molecule has 1 amide bonds. The molecule has 2 atom stereocenters. The first-order chi connectivity index (χ1) is 6.74. The van der Waals surface area contributed by atoms with Crippen molar-refractivity contribution in [2.24, 2.45) is 0 Å². The van der Waals surface area contributed by atoms with Crippen LogP contribution in [0, 0.1) is 0 Å². The second kappa shape index (κ2) is 3.31. The lowest BCUT2D eigenvalue weighted by atomic mass is 10.1. The molecule has 0 aromatic heterocycles. The number of aliphatic hydroxyl groups excluding tert-OH is 1. The highest BCUT2D eigenvalue weighted by Gasteiger charge is 2.37. The molecule has 0 spiro atoms. The molecule has 2 rings (SSSR count). The van der Waals surface area contributed by atoms with E-state index in [-0.39, 0.29) is 5.91 Å². The molecule has 0 aliphatic carbocycles. The fraction of sp³-hybridized carbons (Fsp3) is 0.300. The molecule has 0 radical (unpaired) electrons. The molecule has 0 fully saturated rings. The number of carbonyl (C=O) groups is 1. The van der Waals surface area contributed by atoms with Crippen molar-refractivity contribution in [2.45, 2.75) is 12.2 Å². The van der Waals surface area contributed by atoms with E-state index in [9.17, 15) is 9.90 Å². The van der Waals surface area contributed by atoms with Crippen LogP contribution >= 0.6 is 0 Å². The summed E-state index contributed by atoms with van der Waals surface area (Å²) < 4.78 is 5.31. The van der Waals surface area contributed by atoms with Crippen LogP contribution < -0.4 is 10.1 Å². The highest BCUT2D eigenvalue weighted by atomic mass is 16.5. The van der Waals surface area contributed by atoms with E-state index < -0.39 is 12.2 Å². The molecule has 14 heavy (non-hydrogen) atoms. The Bertz CT molecular complexity index is 364. The molecule has 0 bridgehead atoms. The summed E-state index contributed by atoms with van der Waals surface area (Å²) in [6.45, 7) is 0. The van der Waals surface area contributed by atoms with Gasteiger partial charge in [0.1, 0.15) is 11.9 Å². The number of rotatable bonds is 1. The van der Waals surface area contributed by atoms with Gasteiger partial charge in [-0.2, -0.15) is 0 Å². The standard InChI is InChI=1S/C10H11NO3/c1-11-10(13)9-8(12)6-4-2-3-5-7(6)14-9/h2-5,8-9,12H,1H3,(H,11,13). The van der Waals surface area contributed by atoms with E-state index in [1.54, 1.807) is 24.3 Å². The molecule has 1 heterocycles. The average Bonchev–Trinajstić information content (AvgIpc) is 2.56. The quantitative estimate of drug-likeness (QED) is 0.671. The number of hydrogen-bond acceptors (Lipinski definition) is 3. The van der Waals surface area contributed by atoms with Gasteiger partial charge in [0, 0.05) is 12.6 Å². The molecule has 1 aromatic carbocycles. The van der Waals surface area contributed by atoms with Crippen molar-refractivity contribution in [3.05, 3.63) is 29.8 Å². The number of para-hydroxylation sites is 1. The summed E-state index contributed by atoms with van der Waals surface area (Å²) in [6, 6.07) is 7.10. The molecule has 1 aromatic rings. The Balaban J connectivity index is 2.30. The highest BCUT2D eigenvalue weighted by molar-refractivity contribution is 5.82. The lowest BCUT2D eigenvalue weighted by molar-refractivity contribution is -0.130. The monoisotopic (exact) mass is 193 g/mol. The first kappa shape index (κ1) is 9.02. The molecule has 1 aliphatic rings. The SMILES string of the molecule is CNC(=O)C1Oc2ccccc2C1O. The van der Waals surface area contributed by atoms with Crippen molar-refractivity contribution >= 4 is 5.91 Å². The third kappa shape index (κ3) is 1.24. The van der Waals surface area contributed by atoms with Crippen molar-refractivity contribution in [3.8, 4) is 5.75 Å². The first-order valence-electron chi connectivity index (χ1n) is 4.39. The molecule has 4 heteroatoms. The van der Waals surface area contributed by atoms with Gasteiger partial charge in [0.05, 0.1) is 0 Å². The fourth-order valence-corrected chi connectivity index (χ4v) is 1.54. The van der Waals surface area contributed by atoms with Gasteiger partial charge in [-0.25, -0.2) is 0 Å². The summed E-state index contributed by atoms with van der Waals surface area (Å²) in [7, 11) is 1.52. The number of ether oxygens (including phenoxy) is 1. The van der Waals surface area contributed by atoms with Crippen LogP contribution in [0.25, 0.3) is 0 Å². The van der Waals surface area contributed by atoms with Crippen molar-refractivity contribution in [2.75, 3.05) is 7.05 Å². The lowest BCUT2D eigenvalue weighted by Crippen LogP contribution is -2.37. The summed E-state index contributed by atoms with van der Waals surface area (Å²) >= 11 is 0. The van der Waals surface area contributed by atoms with E-state index in [1.165, 1.54) is 7.05 Å². The zero-order valence-electron chi connectivity index (χ0n) is 7.73. The molecule has 0 saturated carbocycles. The van der Waals surface area contributed by atoms with E-state index in [2.05, 4.69) is 5.32 Å². The Morgan fingerprint density at radius 1 is 1.50 bits per heavy atom. The van der Waals surface area contributed by atoms with Crippen LogP contribution in [0.5, 0.6) is 5.75 Å². The Morgan fingerprint density at radius 2 is 2.21 bits per heavy atom. The van der Waals surface area contributed by atoms with Crippen LogP contribution in [0.15, 0.2) is 24.3 Å². The number of nitrogens with one attached hydrogen (secondary N) is 1. The van der Waals surface area contributed by atoms with Crippen LogP contribution in [0.4, 0.5) is 0 Å². The summed E-state index contributed by atoms with van der Waals surface area (Å²) in [6.07, 6.45) is -1.69. The van der Waals surface area contributed by atoms with Gasteiger partial charge in [0.2, 0.25) is 6.10 Å². The number of benzene rings is 1. The van der Waals surface area contributed by atoms with E-state index in [0.29, 0.717) is 11.3 Å². The predicted octanol–water partition coefficient (Wildman–Crippen LogP) is 0.227. The van der Waals surface area contributed by atoms with E-state index in [4.69, 9.17) is 4.74 Å². The molecular formula is C10H11NO3. The van der Waals surface area contributed by atoms with Gasteiger partial charge in [0.15, 0.2) is 0 Å². The minimum absolute atomic E-state index is 0.311. The van der Waals surface area contributed by atoms with Gasteiger partial charge in [-0.1, -0.05) is 18.2 Å². The van der Waals surface area contributed by atoms with Gasteiger partial charge in [0.25, 0.3) is 5.91 Å². The fourth-order valence-electron chi connectivity index (χ4n) is 1.54. The number of carbonyl (C=O) groups excluding carboxylic acids is 1. The number of aliphatic hydroxyl groups is 1.